The molecule has 10 heteroatoms. The summed E-state index contributed by atoms with van der Waals surface area (Å²) in [6, 6.07) is 11.0. The van der Waals surface area contributed by atoms with Gasteiger partial charge in [-0.3, -0.25) is 20.4 Å². The van der Waals surface area contributed by atoms with Gasteiger partial charge in [0, 0.05) is 29.9 Å². The molecule has 2 aromatic carbocycles. The SMILES string of the molecule is CCOC(=O)C1CCN(Cc2ccc(N(C(=N)C(O)NC(C)C)C(N)c3cc(C(C)C)c(OC)cc3O)cc2)CC1. The number of carbonyl (C=O) groups excluding carboxylic acids is 1. The summed E-state index contributed by atoms with van der Waals surface area (Å²) in [5, 5.41) is 33.6. The Labute approximate surface area is 243 Å². The highest BCUT2D eigenvalue weighted by atomic mass is 16.5. The van der Waals surface area contributed by atoms with Crippen molar-refractivity contribution in [3.63, 3.8) is 0 Å². The number of ether oxygens (including phenoxy) is 2. The summed E-state index contributed by atoms with van der Waals surface area (Å²) in [5.41, 5.74) is 9.74. The molecule has 0 spiro atoms. The van der Waals surface area contributed by atoms with Crippen LogP contribution in [0.3, 0.4) is 0 Å². The van der Waals surface area contributed by atoms with E-state index >= 15 is 0 Å². The van der Waals surface area contributed by atoms with E-state index in [2.05, 4.69) is 10.2 Å². The van der Waals surface area contributed by atoms with E-state index in [0.29, 0.717) is 23.6 Å². The number of amidine groups is 1. The number of nitrogens with one attached hydrogen (secondary N) is 2. The molecule has 2 aromatic rings. The summed E-state index contributed by atoms with van der Waals surface area (Å²) in [5.74, 6) is 0.345. The first-order valence-corrected chi connectivity index (χ1v) is 14.4. The van der Waals surface area contributed by atoms with Crippen molar-refractivity contribution < 1.29 is 24.5 Å². The minimum Gasteiger partial charge on any atom is -0.507 e. The Morgan fingerprint density at radius 2 is 1.78 bits per heavy atom. The van der Waals surface area contributed by atoms with Crippen molar-refractivity contribution in [2.75, 3.05) is 31.7 Å². The zero-order valence-electron chi connectivity index (χ0n) is 25.2. The fourth-order valence-corrected chi connectivity index (χ4v) is 5.19. The highest BCUT2D eigenvalue weighted by Crippen LogP contribution is 2.37. The monoisotopic (exact) mass is 569 g/mol. The number of piperidine rings is 1. The number of likely N-dealkylation sites (tertiary alicyclic amines) is 1. The number of hydrogen-bond donors (Lipinski definition) is 5. The number of phenols is 1. The molecule has 2 unspecified atom stereocenters. The number of esters is 1. The molecule has 0 aliphatic carbocycles. The molecule has 10 nitrogen and oxygen atoms in total. The number of aliphatic hydroxyl groups is 1. The number of anilines is 1. The van der Waals surface area contributed by atoms with Gasteiger partial charge in [0.1, 0.15) is 23.5 Å². The van der Waals surface area contributed by atoms with Crippen LogP contribution in [0.1, 0.15) is 76.2 Å². The van der Waals surface area contributed by atoms with Crippen molar-refractivity contribution in [1.29, 1.82) is 5.41 Å². The molecular weight excluding hydrogens is 522 g/mol. The van der Waals surface area contributed by atoms with Crippen LogP contribution in [0, 0.1) is 11.3 Å². The van der Waals surface area contributed by atoms with Gasteiger partial charge >= 0.3 is 5.97 Å². The van der Waals surface area contributed by atoms with E-state index in [9.17, 15) is 15.0 Å². The van der Waals surface area contributed by atoms with Crippen LogP contribution in [0.15, 0.2) is 36.4 Å². The molecule has 1 aliphatic rings. The summed E-state index contributed by atoms with van der Waals surface area (Å²) in [6.07, 6.45) is -0.670. The maximum absolute atomic E-state index is 12.1. The third kappa shape index (κ3) is 8.19. The molecule has 2 atom stereocenters. The highest BCUT2D eigenvalue weighted by Gasteiger charge is 2.30. The van der Waals surface area contributed by atoms with E-state index in [1.165, 1.54) is 4.90 Å². The Balaban J connectivity index is 1.86. The number of phenolic OH excluding ortho intramolecular Hbond substituents is 1. The maximum atomic E-state index is 12.1. The predicted octanol–water partition coefficient (Wildman–Crippen LogP) is 4.06. The van der Waals surface area contributed by atoms with Crippen molar-refractivity contribution in [1.82, 2.24) is 10.2 Å². The average Bonchev–Trinajstić information content (AvgIpc) is 2.93. The molecule has 3 rings (SSSR count). The molecule has 226 valence electrons. The van der Waals surface area contributed by atoms with Crippen LogP contribution in [0.25, 0.3) is 0 Å². The lowest BCUT2D eigenvalue weighted by atomic mass is 9.96. The van der Waals surface area contributed by atoms with Crippen LogP contribution in [0.5, 0.6) is 11.5 Å². The average molecular weight is 570 g/mol. The van der Waals surface area contributed by atoms with Gasteiger partial charge in [-0.05, 0) is 81.9 Å². The lowest BCUT2D eigenvalue weighted by Crippen LogP contribution is -2.51. The Morgan fingerprint density at radius 3 is 2.32 bits per heavy atom. The summed E-state index contributed by atoms with van der Waals surface area (Å²) in [7, 11) is 1.56. The first kappa shape index (κ1) is 32.3. The normalized spacial score (nSPS) is 16.0. The fourth-order valence-electron chi connectivity index (χ4n) is 5.19. The number of aliphatic hydroxyl groups excluding tert-OH is 1. The molecule has 6 N–H and O–H groups in total. The van der Waals surface area contributed by atoms with E-state index in [4.69, 9.17) is 20.6 Å². The summed E-state index contributed by atoms with van der Waals surface area (Å²) in [6.45, 7) is 12.4. The number of carbonyl (C=O) groups is 1. The minimum atomic E-state index is -1.27. The van der Waals surface area contributed by atoms with E-state index in [1.54, 1.807) is 19.2 Å². The van der Waals surface area contributed by atoms with E-state index in [1.807, 2.05) is 58.9 Å². The van der Waals surface area contributed by atoms with Crippen molar-refractivity contribution in [3.8, 4) is 11.5 Å². The Kier molecular flexibility index (Phi) is 11.5. The van der Waals surface area contributed by atoms with Crippen molar-refractivity contribution >= 4 is 17.5 Å². The molecule has 1 saturated heterocycles. The van der Waals surface area contributed by atoms with Gasteiger partial charge in [-0.15, -0.1) is 0 Å². The number of aromatic hydroxyl groups is 1. The Hall–Kier alpha value is -3.18. The first-order valence-electron chi connectivity index (χ1n) is 14.4. The largest absolute Gasteiger partial charge is 0.507 e. The summed E-state index contributed by atoms with van der Waals surface area (Å²) in [4.78, 5) is 15.9. The number of benzene rings is 2. The van der Waals surface area contributed by atoms with Crippen LogP contribution in [-0.4, -0.2) is 66.0 Å². The summed E-state index contributed by atoms with van der Waals surface area (Å²) < 4.78 is 10.6. The van der Waals surface area contributed by atoms with Gasteiger partial charge in [-0.1, -0.05) is 26.0 Å². The van der Waals surface area contributed by atoms with E-state index in [-0.39, 0.29) is 35.4 Å². The lowest BCUT2D eigenvalue weighted by Gasteiger charge is -2.35. The highest BCUT2D eigenvalue weighted by molar-refractivity contribution is 5.99. The Morgan fingerprint density at radius 1 is 1.15 bits per heavy atom. The van der Waals surface area contributed by atoms with Gasteiger partial charge in [-0.2, -0.15) is 0 Å². The number of hydrogen-bond acceptors (Lipinski definition) is 9. The van der Waals surface area contributed by atoms with Gasteiger partial charge in [0.05, 0.1) is 19.6 Å². The third-order valence-corrected chi connectivity index (χ3v) is 7.44. The van der Waals surface area contributed by atoms with Crippen LogP contribution in [0.2, 0.25) is 0 Å². The number of nitrogens with zero attached hydrogens (tertiary/aromatic N) is 2. The number of nitrogens with two attached hydrogens (primary N) is 1. The quantitative estimate of drug-likeness (QED) is 0.111. The minimum absolute atomic E-state index is 0.0360. The topological polar surface area (TPSA) is 144 Å². The number of methoxy groups -OCH3 is 1. The van der Waals surface area contributed by atoms with Crippen LogP contribution >= 0.6 is 0 Å². The first-order chi connectivity index (χ1) is 19.5. The zero-order valence-corrected chi connectivity index (χ0v) is 25.2. The van der Waals surface area contributed by atoms with Crippen molar-refractivity contribution in [2.24, 2.45) is 11.7 Å². The van der Waals surface area contributed by atoms with E-state index in [0.717, 1.165) is 43.6 Å². The Bertz CT molecular complexity index is 1160. The van der Waals surface area contributed by atoms with Crippen LogP contribution in [0.4, 0.5) is 5.69 Å². The predicted molar refractivity (Wildman–Crippen MR) is 161 cm³/mol. The molecule has 0 radical (unpaired) electrons. The van der Waals surface area contributed by atoms with Gasteiger partial charge in [-0.25, -0.2) is 0 Å². The van der Waals surface area contributed by atoms with Crippen molar-refractivity contribution in [2.45, 2.75) is 78.4 Å². The smallest absolute Gasteiger partial charge is 0.309 e. The molecule has 41 heavy (non-hydrogen) atoms. The molecule has 1 aliphatic heterocycles. The van der Waals surface area contributed by atoms with Gasteiger partial charge in [0.25, 0.3) is 0 Å². The molecular formula is C31H47N5O5. The van der Waals surface area contributed by atoms with Crippen molar-refractivity contribution in [3.05, 3.63) is 53.1 Å². The lowest BCUT2D eigenvalue weighted by molar-refractivity contribution is -0.149. The maximum Gasteiger partial charge on any atom is 0.309 e. The molecule has 0 saturated carbocycles. The molecule has 0 amide bonds. The third-order valence-electron chi connectivity index (χ3n) is 7.44. The summed E-state index contributed by atoms with van der Waals surface area (Å²) >= 11 is 0. The second kappa shape index (κ2) is 14.6. The van der Waals surface area contributed by atoms with Crippen LogP contribution in [-0.2, 0) is 16.1 Å². The standard InChI is InChI=1S/C31H47N5O5/c1-7-41-31(39)22-12-14-35(15-13-22)18-21-8-10-23(11-9-21)36(29(33)30(38)34-20(4)5)28(32)25-16-24(19(2)3)27(40-6)17-26(25)37/h8-11,16-17,19-20,22,28,30,33-34,37-38H,7,12-15,18,32H2,1-6H3. The molecule has 0 bridgehead atoms. The zero-order chi connectivity index (χ0) is 30.3. The van der Waals surface area contributed by atoms with Gasteiger partial charge in [0.15, 0.2) is 6.23 Å². The van der Waals surface area contributed by atoms with Gasteiger partial charge in [0.2, 0.25) is 0 Å². The number of rotatable bonds is 12. The van der Waals surface area contributed by atoms with Crippen LogP contribution < -0.4 is 20.7 Å². The second-order valence-electron chi connectivity index (χ2n) is 11.2. The fraction of sp³-hybridized carbons (Fsp3) is 0.548. The molecule has 0 aromatic heterocycles. The second-order valence-corrected chi connectivity index (χ2v) is 11.2. The van der Waals surface area contributed by atoms with E-state index < -0.39 is 12.4 Å². The molecule has 1 fully saturated rings. The van der Waals surface area contributed by atoms with Gasteiger partial charge < -0.3 is 30.3 Å². The molecule has 1 heterocycles.